The highest BCUT2D eigenvalue weighted by Gasteiger charge is 2.09. The number of nitrogens with zero attached hydrogens (tertiary/aromatic N) is 1. The van der Waals surface area contributed by atoms with E-state index in [1.807, 2.05) is 31.2 Å². The molecule has 2 N–H and O–H groups in total. The summed E-state index contributed by atoms with van der Waals surface area (Å²) in [5, 5.41) is 12.1. The van der Waals surface area contributed by atoms with E-state index in [1.54, 1.807) is 19.2 Å². The van der Waals surface area contributed by atoms with E-state index < -0.39 is 5.97 Å². The van der Waals surface area contributed by atoms with Gasteiger partial charge in [0.1, 0.15) is 11.6 Å². The summed E-state index contributed by atoms with van der Waals surface area (Å²) < 4.78 is 5.11. The Morgan fingerprint density at radius 1 is 1.25 bits per heavy atom. The Labute approximate surface area is 117 Å². The van der Waals surface area contributed by atoms with Crippen LogP contribution in [0.15, 0.2) is 42.5 Å². The van der Waals surface area contributed by atoms with E-state index >= 15 is 0 Å². The molecule has 1 atom stereocenters. The minimum atomic E-state index is -1.04. The van der Waals surface area contributed by atoms with E-state index in [4.69, 9.17) is 9.84 Å². The Kier molecular flexibility index (Phi) is 4.20. The highest BCUT2D eigenvalue weighted by atomic mass is 16.5. The van der Waals surface area contributed by atoms with Crippen LogP contribution < -0.4 is 10.1 Å². The maximum atomic E-state index is 10.9. The van der Waals surface area contributed by atoms with Crippen molar-refractivity contribution in [2.24, 2.45) is 0 Å². The monoisotopic (exact) mass is 272 g/mol. The Morgan fingerprint density at radius 3 is 2.55 bits per heavy atom. The first-order chi connectivity index (χ1) is 9.60. The van der Waals surface area contributed by atoms with Gasteiger partial charge in [-0.1, -0.05) is 18.2 Å². The second kappa shape index (κ2) is 6.06. The van der Waals surface area contributed by atoms with Gasteiger partial charge in [-0.15, -0.1) is 0 Å². The minimum Gasteiger partial charge on any atom is -0.497 e. The van der Waals surface area contributed by atoms with Crippen LogP contribution >= 0.6 is 0 Å². The van der Waals surface area contributed by atoms with E-state index in [0.717, 1.165) is 11.3 Å². The van der Waals surface area contributed by atoms with Gasteiger partial charge in [0.05, 0.1) is 7.11 Å². The van der Waals surface area contributed by atoms with Crippen LogP contribution in [-0.2, 0) is 0 Å². The van der Waals surface area contributed by atoms with Crippen LogP contribution in [0.3, 0.4) is 0 Å². The smallest absolute Gasteiger partial charge is 0.354 e. The molecule has 2 rings (SSSR count). The number of carboxylic acid groups (broad SMARTS) is 1. The standard InChI is InChI=1S/C15H16N2O3/c1-10(11-6-8-12(20-2)9-7-11)16-14-5-3-4-13(17-14)15(18)19/h3-10H,1-2H3,(H,16,17)(H,18,19). The molecular weight excluding hydrogens is 256 g/mol. The summed E-state index contributed by atoms with van der Waals surface area (Å²) in [6.45, 7) is 1.98. The number of hydrogen-bond donors (Lipinski definition) is 2. The lowest BCUT2D eigenvalue weighted by molar-refractivity contribution is 0.0690. The first-order valence-corrected chi connectivity index (χ1v) is 6.21. The summed E-state index contributed by atoms with van der Waals surface area (Å²) in [5.41, 5.74) is 1.09. The topological polar surface area (TPSA) is 71.5 Å². The van der Waals surface area contributed by atoms with Gasteiger partial charge >= 0.3 is 5.97 Å². The summed E-state index contributed by atoms with van der Waals surface area (Å²) >= 11 is 0. The fourth-order valence-electron chi connectivity index (χ4n) is 1.83. The highest BCUT2D eigenvalue weighted by molar-refractivity contribution is 5.85. The molecule has 1 unspecified atom stereocenters. The molecule has 1 aromatic heterocycles. The molecule has 0 saturated heterocycles. The van der Waals surface area contributed by atoms with Gasteiger partial charge in [-0.2, -0.15) is 0 Å². The maximum Gasteiger partial charge on any atom is 0.354 e. The van der Waals surface area contributed by atoms with E-state index in [-0.39, 0.29) is 11.7 Å². The van der Waals surface area contributed by atoms with Crippen molar-refractivity contribution in [3.63, 3.8) is 0 Å². The number of aromatic nitrogens is 1. The van der Waals surface area contributed by atoms with E-state index in [0.29, 0.717) is 5.82 Å². The summed E-state index contributed by atoms with van der Waals surface area (Å²) in [6.07, 6.45) is 0. The number of aromatic carboxylic acids is 1. The predicted molar refractivity (Wildman–Crippen MR) is 76.2 cm³/mol. The number of methoxy groups -OCH3 is 1. The molecule has 0 saturated carbocycles. The van der Waals surface area contributed by atoms with Gasteiger partial charge in [0.15, 0.2) is 5.69 Å². The summed E-state index contributed by atoms with van der Waals surface area (Å²) in [6, 6.07) is 12.6. The normalized spacial score (nSPS) is 11.7. The van der Waals surface area contributed by atoms with Crippen molar-refractivity contribution in [2.45, 2.75) is 13.0 Å². The average molecular weight is 272 g/mol. The number of nitrogens with one attached hydrogen (secondary N) is 1. The summed E-state index contributed by atoms with van der Waals surface area (Å²) in [4.78, 5) is 14.9. The van der Waals surface area contributed by atoms with Gasteiger partial charge in [-0.25, -0.2) is 9.78 Å². The number of benzene rings is 1. The van der Waals surface area contributed by atoms with Crippen LogP contribution in [0.25, 0.3) is 0 Å². The molecule has 0 fully saturated rings. The Bertz CT molecular complexity index is 596. The molecule has 20 heavy (non-hydrogen) atoms. The first-order valence-electron chi connectivity index (χ1n) is 6.21. The lowest BCUT2D eigenvalue weighted by atomic mass is 10.1. The van der Waals surface area contributed by atoms with Gasteiger partial charge in [0.25, 0.3) is 0 Å². The molecule has 0 aliphatic carbocycles. The van der Waals surface area contributed by atoms with Crippen molar-refractivity contribution in [3.05, 3.63) is 53.7 Å². The van der Waals surface area contributed by atoms with Gasteiger partial charge < -0.3 is 15.2 Å². The first kappa shape index (κ1) is 13.9. The Hall–Kier alpha value is -2.56. The molecule has 0 spiro atoms. The molecule has 5 heteroatoms. The fourth-order valence-corrected chi connectivity index (χ4v) is 1.83. The molecular formula is C15H16N2O3. The van der Waals surface area contributed by atoms with Crippen LogP contribution in [0.5, 0.6) is 5.75 Å². The van der Waals surface area contributed by atoms with E-state index in [1.165, 1.54) is 6.07 Å². The lowest BCUT2D eigenvalue weighted by Crippen LogP contribution is -2.09. The fraction of sp³-hybridized carbons (Fsp3) is 0.200. The van der Waals surface area contributed by atoms with E-state index in [2.05, 4.69) is 10.3 Å². The average Bonchev–Trinajstić information content (AvgIpc) is 2.47. The molecule has 0 aliphatic rings. The number of rotatable bonds is 5. The Balaban J connectivity index is 2.12. The molecule has 2 aromatic rings. The molecule has 1 heterocycles. The predicted octanol–water partition coefficient (Wildman–Crippen LogP) is 2.96. The maximum absolute atomic E-state index is 10.9. The summed E-state index contributed by atoms with van der Waals surface area (Å²) in [5.74, 6) is 0.297. The number of hydrogen-bond acceptors (Lipinski definition) is 4. The van der Waals surface area contributed by atoms with Crippen LogP contribution in [0.2, 0.25) is 0 Å². The van der Waals surface area contributed by atoms with Gasteiger partial charge in [0, 0.05) is 6.04 Å². The molecule has 0 amide bonds. The van der Waals surface area contributed by atoms with Crippen LogP contribution in [-0.4, -0.2) is 23.2 Å². The molecule has 104 valence electrons. The zero-order valence-corrected chi connectivity index (χ0v) is 11.3. The second-order valence-electron chi connectivity index (χ2n) is 4.35. The Morgan fingerprint density at radius 2 is 1.95 bits per heavy atom. The van der Waals surface area contributed by atoms with Crippen molar-refractivity contribution >= 4 is 11.8 Å². The van der Waals surface area contributed by atoms with Crippen LogP contribution in [0.1, 0.15) is 29.0 Å². The molecule has 5 nitrogen and oxygen atoms in total. The van der Waals surface area contributed by atoms with E-state index in [9.17, 15) is 4.79 Å². The number of carboxylic acids is 1. The zero-order chi connectivity index (χ0) is 14.5. The lowest BCUT2D eigenvalue weighted by Gasteiger charge is -2.15. The molecule has 0 bridgehead atoms. The third-order valence-electron chi connectivity index (χ3n) is 2.95. The molecule has 1 aromatic carbocycles. The van der Waals surface area contributed by atoms with Crippen LogP contribution in [0.4, 0.5) is 5.82 Å². The molecule has 0 aliphatic heterocycles. The SMILES string of the molecule is COc1ccc(C(C)Nc2cccc(C(=O)O)n2)cc1. The van der Waals surface area contributed by atoms with Crippen molar-refractivity contribution in [3.8, 4) is 5.75 Å². The quantitative estimate of drug-likeness (QED) is 0.875. The second-order valence-corrected chi connectivity index (χ2v) is 4.35. The van der Waals surface area contributed by atoms with Crippen molar-refractivity contribution in [1.29, 1.82) is 0 Å². The number of ether oxygens (including phenoxy) is 1. The van der Waals surface area contributed by atoms with Crippen molar-refractivity contribution < 1.29 is 14.6 Å². The molecule has 0 radical (unpaired) electrons. The third kappa shape index (κ3) is 3.26. The zero-order valence-electron chi connectivity index (χ0n) is 11.3. The van der Waals surface area contributed by atoms with Gasteiger partial charge in [-0.05, 0) is 36.8 Å². The minimum absolute atomic E-state index is 0.0115. The third-order valence-corrected chi connectivity index (χ3v) is 2.95. The van der Waals surface area contributed by atoms with Crippen LogP contribution in [0, 0.1) is 0 Å². The largest absolute Gasteiger partial charge is 0.497 e. The van der Waals surface area contributed by atoms with Crippen molar-refractivity contribution in [1.82, 2.24) is 4.98 Å². The number of pyridine rings is 1. The summed E-state index contributed by atoms with van der Waals surface area (Å²) in [7, 11) is 1.62. The number of carbonyl (C=O) groups is 1. The van der Waals surface area contributed by atoms with Gasteiger partial charge in [-0.3, -0.25) is 0 Å². The van der Waals surface area contributed by atoms with Gasteiger partial charge in [0.2, 0.25) is 0 Å². The number of anilines is 1. The highest BCUT2D eigenvalue weighted by Crippen LogP contribution is 2.20. The van der Waals surface area contributed by atoms with Crippen molar-refractivity contribution in [2.75, 3.05) is 12.4 Å².